The lowest BCUT2D eigenvalue weighted by Gasteiger charge is -2.46. The van der Waals surface area contributed by atoms with E-state index in [0.717, 1.165) is 19.3 Å². The average molecular weight is 299 g/mol. The molecule has 0 amide bonds. The number of aliphatic hydroxyl groups excluding tert-OH is 1. The lowest BCUT2D eigenvalue weighted by atomic mass is 9.62. The Morgan fingerprint density at radius 1 is 1.35 bits per heavy atom. The Hall–Kier alpha value is -0.0800. The Morgan fingerprint density at radius 3 is 2.65 bits per heavy atom. The van der Waals surface area contributed by atoms with E-state index in [-0.39, 0.29) is 16.3 Å². The highest BCUT2D eigenvalue weighted by Crippen LogP contribution is 2.52. The number of alkyl halides is 1. The van der Waals surface area contributed by atoms with Crippen molar-refractivity contribution >= 4 is 15.9 Å². The van der Waals surface area contributed by atoms with Crippen LogP contribution in [0.5, 0.6) is 0 Å². The lowest BCUT2D eigenvalue weighted by molar-refractivity contribution is 0.119. The summed E-state index contributed by atoms with van der Waals surface area (Å²) in [7, 11) is 0. The summed E-state index contributed by atoms with van der Waals surface area (Å²) in [6.45, 7) is 8.97. The molecule has 0 bridgehead atoms. The van der Waals surface area contributed by atoms with Crippen molar-refractivity contribution in [2.24, 2.45) is 11.3 Å². The van der Waals surface area contributed by atoms with Crippen molar-refractivity contribution in [3.63, 3.8) is 0 Å². The second-order valence-electron chi connectivity index (χ2n) is 6.01. The van der Waals surface area contributed by atoms with E-state index < -0.39 is 0 Å². The summed E-state index contributed by atoms with van der Waals surface area (Å²) in [5, 5.41) is 10.3. The molecule has 0 saturated carbocycles. The van der Waals surface area contributed by atoms with Crippen LogP contribution in [0.2, 0.25) is 0 Å². The molecule has 0 aromatic carbocycles. The Labute approximate surface area is 113 Å². The molecule has 0 aromatic rings. The quantitative estimate of drug-likeness (QED) is 0.524. The van der Waals surface area contributed by atoms with Gasteiger partial charge in [-0.2, -0.15) is 0 Å². The monoisotopic (exact) mass is 298 g/mol. The number of halogens is 1. The number of fused-ring (bicyclic) bond motifs is 1. The van der Waals surface area contributed by atoms with Crippen molar-refractivity contribution in [2.45, 2.75) is 57.9 Å². The van der Waals surface area contributed by atoms with E-state index >= 15 is 0 Å². The van der Waals surface area contributed by atoms with Gasteiger partial charge >= 0.3 is 0 Å². The van der Waals surface area contributed by atoms with Gasteiger partial charge in [-0.1, -0.05) is 47.0 Å². The first kappa shape index (κ1) is 13.4. The Morgan fingerprint density at radius 2 is 2.00 bits per heavy atom. The number of rotatable bonds is 0. The molecule has 0 heterocycles. The van der Waals surface area contributed by atoms with Crippen LogP contribution in [0.1, 0.15) is 47.0 Å². The first-order chi connectivity index (χ1) is 7.88. The molecule has 2 heteroatoms. The van der Waals surface area contributed by atoms with Crippen molar-refractivity contribution in [2.75, 3.05) is 0 Å². The Bertz CT molecular complexity index is 382. The highest BCUT2D eigenvalue weighted by atomic mass is 79.9. The minimum absolute atomic E-state index is 0.183. The fourth-order valence-electron chi connectivity index (χ4n) is 3.37. The van der Waals surface area contributed by atoms with Gasteiger partial charge in [0, 0.05) is 4.83 Å². The van der Waals surface area contributed by atoms with Gasteiger partial charge in [0.1, 0.15) is 0 Å². The minimum Gasteiger partial charge on any atom is -0.388 e. The summed E-state index contributed by atoms with van der Waals surface area (Å²) in [4.78, 5) is 0.183. The predicted octanol–water partition coefficient (Wildman–Crippen LogP) is 4.21. The van der Waals surface area contributed by atoms with Crippen LogP contribution in [0.3, 0.4) is 0 Å². The van der Waals surface area contributed by atoms with Crippen LogP contribution >= 0.6 is 15.9 Å². The van der Waals surface area contributed by atoms with Crippen LogP contribution in [0.15, 0.2) is 22.8 Å². The molecular weight excluding hydrogens is 276 g/mol. The van der Waals surface area contributed by atoms with Crippen molar-refractivity contribution in [3.8, 4) is 0 Å². The molecule has 1 N–H and O–H groups in total. The van der Waals surface area contributed by atoms with E-state index in [4.69, 9.17) is 0 Å². The maximum atomic E-state index is 10.3. The first-order valence-electron chi connectivity index (χ1n) is 6.56. The van der Waals surface area contributed by atoms with E-state index in [2.05, 4.69) is 49.7 Å². The molecule has 17 heavy (non-hydrogen) atoms. The van der Waals surface area contributed by atoms with Crippen LogP contribution in [0.4, 0.5) is 0 Å². The van der Waals surface area contributed by atoms with Gasteiger partial charge in [-0.3, -0.25) is 0 Å². The van der Waals surface area contributed by atoms with E-state index in [1.165, 1.54) is 16.7 Å². The van der Waals surface area contributed by atoms with Gasteiger partial charge < -0.3 is 5.11 Å². The van der Waals surface area contributed by atoms with E-state index in [0.29, 0.717) is 5.92 Å². The summed E-state index contributed by atoms with van der Waals surface area (Å²) < 4.78 is 0. The third kappa shape index (κ3) is 2.04. The van der Waals surface area contributed by atoms with E-state index in [1.54, 1.807) is 0 Å². The highest BCUT2D eigenvalue weighted by molar-refractivity contribution is 9.09. The molecule has 0 saturated heterocycles. The molecule has 0 spiro atoms. The average Bonchev–Trinajstić information content (AvgIpc) is 2.46. The molecule has 2 aliphatic rings. The molecule has 1 nitrogen and oxygen atoms in total. The zero-order valence-corrected chi connectivity index (χ0v) is 12.8. The topological polar surface area (TPSA) is 20.2 Å². The van der Waals surface area contributed by atoms with Crippen molar-refractivity contribution in [1.29, 1.82) is 0 Å². The number of hydrogen-bond acceptors (Lipinski definition) is 1. The number of hydrogen-bond donors (Lipinski definition) is 1. The Balaban J connectivity index is 2.50. The molecule has 2 rings (SSSR count). The third-order valence-electron chi connectivity index (χ3n) is 5.04. The van der Waals surface area contributed by atoms with Crippen LogP contribution < -0.4 is 0 Å². The summed E-state index contributed by atoms with van der Waals surface area (Å²) >= 11 is 3.69. The van der Waals surface area contributed by atoms with Crippen LogP contribution in [-0.2, 0) is 0 Å². The summed E-state index contributed by atoms with van der Waals surface area (Å²) in [6, 6.07) is 0. The van der Waals surface area contributed by atoms with Gasteiger partial charge in [-0.05, 0) is 50.0 Å². The number of aliphatic hydroxyl groups is 1. The third-order valence-corrected chi connectivity index (χ3v) is 6.33. The normalized spacial score (nSPS) is 42.9. The van der Waals surface area contributed by atoms with E-state index in [1.807, 2.05) is 0 Å². The maximum Gasteiger partial charge on any atom is 0.0878 e. The van der Waals surface area contributed by atoms with Crippen molar-refractivity contribution < 1.29 is 5.11 Å². The molecule has 2 aliphatic carbocycles. The SMILES string of the molecule is CC1=CC[C@@]2(C)C(=C(C)[C@@H](O)[C@H](Br)[C@@H]2C)CC1. The molecule has 0 aliphatic heterocycles. The van der Waals surface area contributed by atoms with Gasteiger partial charge in [0.05, 0.1) is 6.10 Å². The van der Waals surface area contributed by atoms with Crippen LogP contribution in [0.25, 0.3) is 0 Å². The van der Waals surface area contributed by atoms with E-state index in [9.17, 15) is 5.11 Å². The van der Waals surface area contributed by atoms with Gasteiger partial charge in [0.2, 0.25) is 0 Å². The molecular formula is C15H23BrO. The minimum atomic E-state index is -0.313. The molecule has 0 fully saturated rings. The predicted molar refractivity (Wildman–Crippen MR) is 76.3 cm³/mol. The van der Waals surface area contributed by atoms with Gasteiger partial charge in [0.25, 0.3) is 0 Å². The van der Waals surface area contributed by atoms with Gasteiger partial charge in [0.15, 0.2) is 0 Å². The molecule has 0 unspecified atom stereocenters. The number of allylic oxidation sites excluding steroid dienone is 3. The molecule has 4 atom stereocenters. The highest BCUT2D eigenvalue weighted by Gasteiger charge is 2.46. The molecule has 96 valence electrons. The fraction of sp³-hybridized carbons (Fsp3) is 0.733. The van der Waals surface area contributed by atoms with Gasteiger partial charge in [-0.15, -0.1) is 0 Å². The zero-order valence-electron chi connectivity index (χ0n) is 11.3. The smallest absolute Gasteiger partial charge is 0.0878 e. The second-order valence-corrected chi connectivity index (χ2v) is 7.07. The lowest BCUT2D eigenvalue weighted by Crippen LogP contribution is -2.44. The molecule has 0 aromatic heterocycles. The van der Waals surface area contributed by atoms with Crippen molar-refractivity contribution in [3.05, 3.63) is 22.8 Å². The zero-order chi connectivity index (χ0) is 12.8. The first-order valence-corrected chi connectivity index (χ1v) is 7.47. The van der Waals surface area contributed by atoms with Gasteiger partial charge in [-0.25, -0.2) is 0 Å². The summed E-state index contributed by atoms with van der Waals surface area (Å²) in [5.41, 5.74) is 4.42. The Kier molecular flexibility index (Phi) is 3.57. The summed E-state index contributed by atoms with van der Waals surface area (Å²) in [5.74, 6) is 0.471. The van der Waals surface area contributed by atoms with Crippen LogP contribution in [0, 0.1) is 11.3 Å². The van der Waals surface area contributed by atoms with Crippen LogP contribution in [-0.4, -0.2) is 16.0 Å². The standard InChI is InChI=1S/C15H23BrO/c1-9-5-6-12-10(2)14(17)13(16)11(3)15(12,4)8-7-9/h7,11,13-14,17H,5-6,8H2,1-4H3/t11-,13+,14+,15+/m0/s1. The maximum absolute atomic E-state index is 10.3. The van der Waals surface area contributed by atoms with Crippen molar-refractivity contribution in [1.82, 2.24) is 0 Å². The molecule has 0 radical (unpaired) electrons. The summed E-state index contributed by atoms with van der Waals surface area (Å²) in [6.07, 6.45) is 5.46. The largest absolute Gasteiger partial charge is 0.388 e. The second kappa shape index (κ2) is 4.55. The fourth-order valence-corrected chi connectivity index (χ4v) is 4.35.